The molecule has 0 fully saturated rings. The molecule has 5 nitrogen and oxygen atoms in total. The molecule has 0 aromatic heterocycles. The van der Waals surface area contributed by atoms with Crippen LogP contribution in [0.25, 0.3) is 0 Å². The van der Waals surface area contributed by atoms with E-state index >= 15 is 0 Å². The SMILES string of the molecule is CC(C)OCCN(C)CC(N)C(=O)O. The summed E-state index contributed by atoms with van der Waals surface area (Å²) in [4.78, 5) is 12.3. The maximum Gasteiger partial charge on any atom is 0.321 e. The Morgan fingerprint density at radius 2 is 2.14 bits per heavy atom. The van der Waals surface area contributed by atoms with Gasteiger partial charge in [-0.05, 0) is 20.9 Å². The van der Waals surface area contributed by atoms with Gasteiger partial charge in [0.2, 0.25) is 0 Å². The fourth-order valence-corrected chi connectivity index (χ4v) is 0.949. The van der Waals surface area contributed by atoms with Crippen LogP contribution in [0.5, 0.6) is 0 Å². The summed E-state index contributed by atoms with van der Waals surface area (Å²) in [5, 5.41) is 8.56. The molecule has 0 aliphatic heterocycles. The molecule has 0 bridgehead atoms. The van der Waals surface area contributed by atoms with Crippen molar-refractivity contribution in [1.29, 1.82) is 0 Å². The van der Waals surface area contributed by atoms with Gasteiger partial charge in [-0.2, -0.15) is 0 Å². The van der Waals surface area contributed by atoms with Crippen molar-refractivity contribution in [3.05, 3.63) is 0 Å². The Morgan fingerprint density at radius 3 is 2.57 bits per heavy atom. The topological polar surface area (TPSA) is 75.8 Å². The van der Waals surface area contributed by atoms with E-state index in [4.69, 9.17) is 15.6 Å². The van der Waals surface area contributed by atoms with Crippen LogP contribution in [0.15, 0.2) is 0 Å². The molecule has 0 aliphatic carbocycles. The number of aliphatic carboxylic acids is 1. The molecule has 0 amide bonds. The highest BCUT2D eigenvalue weighted by atomic mass is 16.5. The van der Waals surface area contributed by atoms with Crippen molar-refractivity contribution in [2.75, 3.05) is 26.7 Å². The number of nitrogens with two attached hydrogens (primary N) is 1. The summed E-state index contributed by atoms with van der Waals surface area (Å²) in [5.74, 6) is -0.971. The number of carboxylic acid groups (broad SMARTS) is 1. The Balaban J connectivity index is 3.55. The summed E-state index contributed by atoms with van der Waals surface area (Å²) in [6.07, 6.45) is 0.205. The van der Waals surface area contributed by atoms with Crippen molar-refractivity contribution in [2.45, 2.75) is 26.0 Å². The number of hydrogen-bond donors (Lipinski definition) is 2. The van der Waals surface area contributed by atoms with Crippen LogP contribution in [0.4, 0.5) is 0 Å². The van der Waals surface area contributed by atoms with Crippen LogP contribution in [0.2, 0.25) is 0 Å². The number of rotatable bonds is 7. The Kier molecular flexibility index (Phi) is 6.44. The van der Waals surface area contributed by atoms with Crippen molar-refractivity contribution in [3.63, 3.8) is 0 Å². The largest absolute Gasteiger partial charge is 0.480 e. The molecule has 0 spiro atoms. The summed E-state index contributed by atoms with van der Waals surface area (Å²) >= 11 is 0. The highest BCUT2D eigenvalue weighted by Gasteiger charge is 2.13. The van der Waals surface area contributed by atoms with Gasteiger partial charge in [-0.25, -0.2) is 0 Å². The lowest BCUT2D eigenvalue weighted by Crippen LogP contribution is -2.42. The highest BCUT2D eigenvalue weighted by molar-refractivity contribution is 5.73. The maximum absolute atomic E-state index is 10.4. The third-order valence-corrected chi connectivity index (χ3v) is 1.75. The van der Waals surface area contributed by atoms with Crippen molar-refractivity contribution < 1.29 is 14.6 Å². The lowest BCUT2D eigenvalue weighted by molar-refractivity contribution is -0.139. The number of carbonyl (C=O) groups is 1. The lowest BCUT2D eigenvalue weighted by atomic mass is 10.3. The average Bonchev–Trinajstić information content (AvgIpc) is 2.02. The number of nitrogens with zero attached hydrogens (tertiary/aromatic N) is 1. The predicted octanol–water partition coefficient (Wildman–Crippen LogP) is -0.245. The number of hydrogen-bond acceptors (Lipinski definition) is 4. The zero-order chi connectivity index (χ0) is 11.1. The van der Waals surface area contributed by atoms with E-state index in [0.29, 0.717) is 19.7 Å². The molecule has 0 radical (unpaired) electrons. The van der Waals surface area contributed by atoms with E-state index in [1.165, 1.54) is 0 Å². The molecule has 0 heterocycles. The van der Waals surface area contributed by atoms with Crippen LogP contribution in [-0.2, 0) is 9.53 Å². The zero-order valence-corrected chi connectivity index (χ0v) is 9.06. The van der Waals surface area contributed by atoms with Gasteiger partial charge in [-0.15, -0.1) is 0 Å². The predicted molar refractivity (Wildman–Crippen MR) is 54.2 cm³/mol. The molecule has 0 saturated heterocycles. The van der Waals surface area contributed by atoms with Gasteiger partial charge >= 0.3 is 5.97 Å². The smallest absolute Gasteiger partial charge is 0.321 e. The van der Waals surface area contributed by atoms with Crippen molar-refractivity contribution in [3.8, 4) is 0 Å². The molecule has 3 N–H and O–H groups in total. The van der Waals surface area contributed by atoms with Crippen LogP contribution in [0, 0.1) is 0 Å². The Hall–Kier alpha value is -0.650. The van der Waals surface area contributed by atoms with Crippen LogP contribution in [0.1, 0.15) is 13.8 Å². The quantitative estimate of drug-likeness (QED) is 0.598. The second-order valence-corrected chi connectivity index (χ2v) is 3.63. The summed E-state index contributed by atoms with van der Waals surface area (Å²) < 4.78 is 5.32. The number of likely N-dealkylation sites (N-methyl/N-ethyl adjacent to an activating group) is 1. The molecule has 5 heteroatoms. The van der Waals surface area contributed by atoms with Gasteiger partial charge in [-0.3, -0.25) is 4.79 Å². The molecule has 0 rings (SSSR count). The molecule has 14 heavy (non-hydrogen) atoms. The fourth-order valence-electron chi connectivity index (χ4n) is 0.949. The van der Waals surface area contributed by atoms with E-state index in [1.54, 1.807) is 0 Å². The van der Waals surface area contributed by atoms with Crippen molar-refractivity contribution in [2.24, 2.45) is 5.73 Å². The second kappa shape index (κ2) is 6.75. The van der Waals surface area contributed by atoms with E-state index in [9.17, 15) is 4.79 Å². The first-order chi connectivity index (χ1) is 6.43. The molecule has 0 saturated carbocycles. The van der Waals surface area contributed by atoms with Crippen LogP contribution in [-0.4, -0.2) is 54.9 Å². The fraction of sp³-hybridized carbons (Fsp3) is 0.889. The molecular formula is C9H20N2O3. The van der Waals surface area contributed by atoms with Gasteiger partial charge in [0.15, 0.2) is 0 Å². The maximum atomic E-state index is 10.4. The molecular weight excluding hydrogens is 184 g/mol. The first kappa shape index (κ1) is 13.4. The van der Waals surface area contributed by atoms with E-state index in [1.807, 2.05) is 25.8 Å². The van der Waals surface area contributed by atoms with Crippen LogP contribution in [0.3, 0.4) is 0 Å². The third kappa shape index (κ3) is 6.82. The van der Waals surface area contributed by atoms with Crippen LogP contribution >= 0.6 is 0 Å². The molecule has 1 atom stereocenters. The number of ether oxygens (including phenoxy) is 1. The molecule has 0 aromatic rings. The lowest BCUT2D eigenvalue weighted by Gasteiger charge is -2.19. The molecule has 0 aromatic carbocycles. The summed E-state index contributed by atoms with van der Waals surface area (Å²) in [6, 6.07) is -0.820. The Morgan fingerprint density at radius 1 is 1.57 bits per heavy atom. The minimum Gasteiger partial charge on any atom is -0.480 e. The van der Waals surface area contributed by atoms with Gasteiger partial charge in [0, 0.05) is 13.1 Å². The standard InChI is InChI=1S/C9H20N2O3/c1-7(2)14-5-4-11(3)6-8(10)9(12)13/h7-8H,4-6,10H2,1-3H3,(H,12,13). The number of carboxylic acids is 1. The normalized spacial score (nSPS) is 13.6. The van der Waals surface area contributed by atoms with E-state index < -0.39 is 12.0 Å². The summed E-state index contributed by atoms with van der Waals surface area (Å²) in [7, 11) is 1.83. The van der Waals surface area contributed by atoms with Gasteiger partial charge in [0.25, 0.3) is 0 Å². The average molecular weight is 204 g/mol. The first-order valence-electron chi connectivity index (χ1n) is 4.72. The van der Waals surface area contributed by atoms with Crippen LogP contribution < -0.4 is 5.73 Å². The molecule has 0 aliphatic rings. The molecule has 84 valence electrons. The summed E-state index contributed by atoms with van der Waals surface area (Å²) in [5.41, 5.74) is 5.37. The van der Waals surface area contributed by atoms with Gasteiger partial charge in [0.05, 0.1) is 12.7 Å². The van der Waals surface area contributed by atoms with Gasteiger partial charge in [-0.1, -0.05) is 0 Å². The minimum absolute atomic E-state index is 0.205. The Bertz CT molecular complexity index is 173. The highest BCUT2D eigenvalue weighted by Crippen LogP contribution is 1.91. The third-order valence-electron chi connectivity index (χ3n) is 1.75. The monoisotopic (exact) mass is 204 g/mol. The van der Waals surface area contributed by atoms with Gasteiger partial charge < -0.3 is 20.5 Å². The van der Waals surface area contributed by atoms with E-state index in [-0.39, 0.29) is 6.10 Å². The van der Waals surface area contributed by atoms with Crippen molar-refractivity contribution in [1.82, 2.24) is 4.90 Å². The van der Waals surface area contributed by atoms with E-state index in [0.717, 1.165) is 0 Å². The molecule has 1 unspecified atom stereocenters. The minimum atomic E-state index is -0.971. The zero-order valence-electron chi connectivity index (χ0n) is 9.06. The van der Waals surface area contributed by atoms with E-state index in [2.05, 4.69) is 0 Å². The second-order valence-electron chi connectivity index (χ2n) is 3.63. The summed E-state index contributed by atoms with van der Waals surface area (Å²) in [6.45, 7) is 5.56. The Labute approximate surface area is 84.8 Å². The first-order valence-corrected chi connectivity index (χ1v) is 4.72. The van der Waals surface area contributed by atoms with Gasteiger partial charge in [0.1, 0.15) is 6.04 Å². The van der Waals surface area contributed by atoms with Crippen molar-refractivity contribution >= 4 is 5.97 Å².